The molecular formula is C15H22N2O5. The lowest BCUT2D eigenvalue weighted by atomic mass is 10.0. The molecule has 0 radical (unpaired) electrons. The Labute approximate surface area is 129 Å². The summed E-state index contributed by atoms with van der Waals surface area (Å²) in [4.78, 5) is 23.5. The third-order valence-electron chi connectivity index (χ3n) is 3.48. The van der Waals surface area contributed by atoms with Gasteiger partial charge in [-0.1, -0.05) is 6.92 Å². The van der Waals surface area contributed by atoms with Crippen molar-refractivity contribution in [3.63, 3.8) is 0 Å². The van der Waals surface area contributed by atoms with Gasteiger partial charge in [-0.15, -0.1) is 0 Å². The molecule has 2 unspecified atom stereocenters. The number of rotatable bonds is 7. The van der Waals surface area contributed by atoms with Gasteiger partial charge in [-0.25, -0.2) is 0 Å². The molecule has 122 valence electrons. The minimum absolute atomic E-state index is 0.332. The number of primary amides is 1. The first-order valence-electron chi connectivity index (χ1n) is 6.75. The smallest absolute Gasteiger partial charge is 0.251 e. The van der Waals surface area contributed by atoms with Crippen LogP contribution in [-0.4, -0.2) is 39.2 Å². The van der Waals surface area contributed by atoms with Gasteiger partial charge in [-0.3, -0.25) is 9.59 Å². The predicted molar refractivity (Wildman–Crippen MR) is 81.4 cm³/mol. The average molecular weight is 310 g/mol. The van der Waals surface area contributed by atoms with Crippen LogP contribution >= 0.6 is 0 Å². The fourth-order valence-corrected chi connectivity index (χ4v) is 1.87. The van der Waals surface area contributed by atoms with Crippen LogP contribution < -0.4 is 25.3 Å². The number of carbonyl (C=O) groups is 2. The van der Waals surface area contributed by atoms with E-state index in [2.05, 4.69) is 5.32 Å². The van der Waals surface area contributed by atoms with Gasteiger partial charge in [0.2, 0.25) is 11.7 Å². The molecule has 1 rings (SSSR count). The van der Waals surface area contributed by atoms with Crippen LogP contribution in [0.25, 0.3) is 0 Å². The number of hydrogen-bond donors (Lipinski definition) is 2. The Balaban J connectivity index is 3.06. The molecule has 2 amide bonds. The zero-order valence-electron chi connectivity index (χ0n) is 13.4. The lowest BCUT2D eigenvalue weighted by Gasteiger charge is -2.19. The molecule has 0 aliphatic heterocycles. The fraction of sp³-hybridized carbons (Fsp3) is 0.467. The monoisotopic (exact) mass is 310 g/mol. The minimum Gasteiger partial charge on any atom is -0.493 e. The predicted octanol–water partition coefficient (Wildman–Crippen LogP) is 0.952. The van der Waals surface area contributed by atoms with E-state index in [0.29, 0.717) is 22.8 Å². The Hall–Kier alpha value is -2.44. The first-order valence-corrected chi connectivity index (χ1v) is 6.75. The highest BCUT2D eigenvalue weighted by Crippen LogP contribution is 2.38. The molecule has 0 saturated carbocycles. The van der Waals surface area contributed by atoms with Crippen LogP contribution in [0.1, 0.15) is 24.2 Å². The molecule has 1 aromatic rings. The van der Waals surface area contributed by atoms with Gasteiger partial charge in [-0.05, 0) is 19.1 Å². The Kier molecular flexibility index (Phi) is 6.03. The van der Waals surface area contributed by atoms with Crippen molar-refractivity contribution in [1.82, 2.24) is 5.32 Å². The Morgan fingerprint density at radius 2 is 1.55 bits per heavy atom. The van der Waals surface area contributed by atoms with Crippen molar-refractivity contribution in [1.29, 1.82) is 0 Å². The van der Waals surface area contributed by atoms with E-state index >= 15 is 0 Å². The van der Waals surface area contributed by atoms with Gasteiger partial charge < -0.3 is 25.3 Å². The van der Waals surface area contributed by atoms with Crippen molar-refractivity contribution in [3.8, 4) is 17.2 Å². The maximum atomic E-state index is 12.3. The van der Waals surface area contributed by atoms with Crippen molar-refractivity contribution in [2.24, 2.45) is 11.7 Å². The van der Waals surface area contributed by atoms with Crippen molar-refractivity contribution in [3.05, 3.63) is 17.7 Å². The molecule has 0 aliphatic rings. The molecule has 3 N–H and O–H groups in total. The lowest BCUT2D eigenvalue weighted by molar-refractivity contribution is -0.121. The molecule has 2 atom stereocenters. The SMILES string of the molecule is COc1cc(C(=O)NC(C)C(C)C(N)=O)cc(OC)c1OC. The zero-order chi connectivity index (χ0) is 16.9. The van der Waals surface area contributed by atoms with E-state index in [1.54, 1.807) is 26.0 Å². The fourth-order valence-electron chi connectivity index (χ4n) is 1.87. The second-order valence-corrected chi connectivity index (χ2v) is 4.87. The third kappa shape index (κ3) is 3.81. The zero-order valence-corrected chi connectivity index (χ0v) is 13.4. The minimum atomic E-state index is -0.481. The summed E-state index contributed by atoms with van der Waals surface area (Å²) in [7, 11) is 4.42. The van der Waals surface area contributed by atoms with Crippen LogP contribution in [0.3, 0.4) is 0 Å². The van der Waals surface area contributed by atoms with Crippen LogP contribution in [0.5, 0.6) is 17.2 Å². The summed E-state index contributed by atoms with van der Waals surface area (Å²) >= 11 is 0. The van der Waals surface area contributed by atoms with Crippen LogP contribution in [0.4, 0.5) is 0 Å². The highest BCUT2D eigenvalue weighted by Gasteiger charge is 2.22. The van der Waals surface area contributed by atoms with Gasteiger partial charge in [0.05, 0.1) is 27.2 Å². The van der Waals surface area contributed by atoms with E-state index in [9.17, 15) is 9.59 Å². The van der Waals surface area contributed by atoms with Crippen molar-refractivity contribution in [2.75, 3.05) is 21.3 Å². The summed E-state index contributed by atoms with van der Waals surface area (Å²) in [5, 5.41) is 2.73. The molecule has 0 fully saturated rings. The Morgan fingerprint density at radius 1 is 1.05 bits per heavy atom. The van der Waals surface area contributed by atoms with Gasteiger partial charge in [0.15, 0.2) is 11.5 Å². The molecule has 0 aliphatic carbocycles. The number of nitrogens with two attached hydrogens (primary N) is 1. The van der Waals surface area contributed by atoms with Crippen LogP contribution in [0, 0.1) is 5.92 Å². The third-order valence-corrected chi connectivity index (χ3v) is 3.48. The molecule has 7 nitrogen and oxygen atoms in total. The number of carbonyl (C=O) groups excluding carboxylic acids is 2. The van der Waals surface area contributed by atoms with Crippen molar-refractivity contribution in [2.45, 2.75) is 19.9 Å². The number of amides is 2. The first kappa shape index (κ1) is 17.6. The Morgan fingerprint density at radius 3 is 1.91 bits per heavy atom. The summed E-state index contributed by atoms with van der Waals surface area (Å²) < 4.78 is 15.6. The van der Waals surface area contributed by atoms with E-state index in [1.165, 1.54) is 21.3 Å². The second kappa shape index (κ2) is 7.53. The summed E-state index contributed by atoms with van der Waals surface area (Å²) in [5.41, 5.74) is 5.57. The summed E-state index contributed by atoms with van der Waals surface area (Å²) in [6.07, 6.45) is 0. The maximum Gasteiger partial charge on any atom is 0.251 e. The molecule has 22 heavy (non-hydrogen) atoms. The molecule has 0 bridgehead atoms. The lowest BCUT2D eigenvalue weighted by Crippen LogP contribution is -2.42. The van der Waals surface area contributed by atoms with Gasteiger partial charge in [0, 0.05) is 11.6 Å². The van der Waals surface area contributed by atoms with Gasteiger partial charge in [0.25, 0.3) is 5.91 Å². The van der Waals surface area contributed by atoms with E-state index in [-0.39, 0.29) is 5.91 Å². The summed E-state index contributed by atoms with van der Waals surface area (Å²) in [5.74, 6) is -0.158. The van der Waals surface area contributed by atoms with Crippen LogP contribution in [0.2, 0.25) is 0 Å². The van der Waals surface area contributed by atoms with E-state index in [0.717, 1.165) is 0 Å². The normalized spacial score (nSPS) is 13.0. The maximum absolute atomic E-state index is 12.3. The topological polar surface area (TPSA) is 99.9 Å². The average Bonchev–Trinajstić information content (AvgIpc) is 2.51. The molecule has 0 spiro atoms. The van der Waals surface area contributed by atoms with Gasteiger partial charge in [-0.2, -0.15) is 0 Å². The number of benzene rings is 1. The molecule has 7 heteroatoms. The molecular weight excluding hydrogens is 288 g/mol. The second-order valence-electron chi connectivity index (χ2n) is 4.87. The van der Waals surface area contributed by atoms with E-state index in [1.807, 2.05) is 0 Å². The number of hydrogen-bond acceptors (Lipinski definition) is 5. The van der Waals surface area contributed by atoms with Crippen LogP contribution in [0.15, 0.2) is 12.1 Å². The van der Waals surface area contributed by atoms with Gasteiger partial charge in [0.1, 0.15) is 0 Å². The Bertz CT molecular complexity index is 534. The molecule has 0 heterocycles. The largest absolute Gasteiger partial charge is 0.493 e. The number of nitrogens with one attached hydrogen (secondary N) is 1. The van der Waals surface area contributed by atoms with E-state index < -0.39 is 17.9 Å². The van der Waals surface area contributed by atoms with Crippen LogP contribution in [-0.2, 0) is 4.79 Å². The standard InChI is InChI=1S/C15H22N2O5/c1-8(14(16)18)9(2)17-15(19)10-6-11(20-3)13(22-5)12(7-10)21-4/h6-9H,1-5H3,(H2,16,18)(H,17,19). The highest BCUT2D eigenvalue weighted by atomic mass is 16.5. The number of ether oxygens (including phenoxy) is 3. The number of methoxy groups -OCH3 is 3. The first-order chi connectivity index (χ1) is 10.3. The van der Waals surface area contributed by atoms with Gasteiger partial charge >= 0.3 is 0 Å². The quantitative estimate of drug-likeness (QED) is 0.781. The summed E-state index contributed by atoms with van der Waals surface area (Å²) in [6.45, 7) is 3.37. The van der Waals surface area contributed by atoms with E-state index in [4.69, 9.17) is 19.9 Å². The van der Waals surface area contributed by atoms with Crippen molar-refractivity contribution < 1.29 is 23.8 Å². The molecule has 0 saturated heterocycles. The molecule has 0 aromatic heterocycles. The van der Waals surface area contributed by atoms with Crippen molar-refractivity contribution >= 4 is 11.8 Å². The highest BCUT2D eigenvalue weighted by molar-refractivity contribution is 5.96. The molecule has 1 aromatic carbocycles. The summed E-state index contributed by atoms with van der Waals surface area (Å²) in [6, 6.07) is 2.68.